The summed E-state index contributed by atoms with van der Waals surface area (Å²) >= 11 is 0. The van der Waals surface area contributed by atoms with E-state index in [4.69, 9.17) is 0 Å². The zero-order valence-electron chi connectivity index (χ0n) is 16.6. The first-order chi connectivity index (χ1) is 15.2. The van der Waals surface area contributed by atoms with Gasteiger partial charge in [-0.15, -0.1) is 13.2 Å². The van der Waals surface area contributed by atoms with Gasteiger partial charge in [0.25, 0.3) is 0 Å². The number of anilines is 1. The number of ether oxygens (including phenoxy) is 1. The van der Waals surface area contributed by atoms with Crippen molar-refractivity contribution < 1.29 is 31.1 Å². The maximum Gasteiger partial charge on any atom is 0.573 e. The fourth-order valence-electron chi connectivity index (χ4n) is 3.55. The van der Waals surface area contributed by atoms with Crippen molar-refractivity contribution in [3.63, 3.8) is 0 Å². The minimum atomic E-state index is -4.77. The Morgan fingerprint density at radius 3 is 2.12 bits per heavy atom. The highest BCUT2D eigenvalue weighted by molar-refractivity contribution is 7.72. The van der Waals surface area contributed by atoms with Gasteiger partial charge in [0.05, 0.1) is 10.3 Å². The molecule has 1 N–H and O–H groups in total. The molecular formula is C23H18F3NO4S. The van der Waals surface area contributed by atoms with Crippen LogP contribution in [-0.4, -0.2) is 20.7 Å². The minimum Gasteiger partial charge on any atom is -0.406 e. The Balaban J connectivity index is 1.50. The molecule has 4 rings (SSSR count). The summed E-state index contributed by atoms with van der Waals surface area (Å²) in [6, 6.07) is 18.9. The van der Waals surface area contributed by atoms with E-state index in [-0.39, 0.29) is 16.6 Å². The van der Waals surface area contributed by atoms with Gasteiger partial charge in [-0.1, -0.05) is 36.4 Å². The van der Waals surface area contributed by atoms with Crippen molar-refractivity contribution in [2.45, 2.75) is 29.5 Å². The minimum absolute atomic E-state index is 0.218. The van der Waals surface area contributed by atoms with E-state index in [0.29, 0.717) is 24.1 Å². The third-order valence-electron chi connectivity index (χ3n) is 5.36. The molecule has 0 heterocycles. The Morgan fingerprint density at radius 1 is 0.906 bits per heavy atom. The Kier molecular flexibility index (Phi) is 5.68. The molecule has 1 fully saturated rings. The van der Waals surface area contributed by atoms with Gasteiger partial charge in [0, 0.05) is 5.69 Å². The lowest BCUT2D eigenvalue weighted by atomic mass is 9.94. The van der Waals surface area contributed by atoms with Crippen molar-refractivity contribution in [2.24, 2.45) is 0 Å². The molecule has 9 heteroatoms. The Bertz CT molecular complexity index is 1210. The predicted molar refractivity (Wildman–Crippen MR) is 113 cm³/mol. The highest BCUT2D eigenvalue weighted by atomic mass is 32.2. The van der Waals surface area contributed by atoms with Crippen LogP contribution in [0.25, 0.3) is 11.1 Å². The first kappa shape index (κ1) is 21.9. The van der Waals surface area contributed by atoms with Crippen molar-refractivity contribution in [1.82, 2.24) is 0 Å². The molecule has 3 aromatic rings. The van der Waals surface area contributed by atoms with Gasteiger partial charge < -0.3 is 10.1 Å². The van der Waals surface area contributed by atoms with Crippen LogP contribution in [0.3, 0.4) is 0 Å². The van der Waals surface area contributed by atoms with Gasteiger partial charge >= 0.3 is 6.36 Å². The second kappa shape index (κ2) is 8.31. The molecular weight excluding hydrogens is 443 g/mol. The maximum absolute atomic E-state index is 13.0. The molecule has 0 spiro atoms. The van der Waals surface area contributed by atoms with Crippen LogP contribution in [0.2, 0.25) is 0 Å². The molecule has 0 aliphatic heterocycles. The molecule has 1 saturated carbocycles. The van der Waals surface area contributed by atoms with Crippen molar-refractivity contribution in [3.05, 3.63) is 78.4 Å². The fraction of sp³-hybridized carbons (Fsp3) is 0.174. The van der Waals surface area contributed by atoms with E-state index in [1.54, 1.807) is 30.3 Å². The van der Waals surface area contributed by atoms with E-state index in [9.17, 15) is 26.4 Å². The lowest BCUT2D eigenvalue weighted by Gasteiger charge is -2.17. The van der Waals surface area contributed by atoms with Crippen molar-refractivity contribution in [1.29, 1.82) is 0 Å². The Labute approximate surface area is 183 Å². The summed E-state index contributed by atoms with van der Waals surface area (Å²) in [5, 5.41) is 2.89. The van der Waals surface area contributed by atoms with Crippen LogP contribution >= 0.6 is 0 Å². The number of rotatable bonds is 6. The van der Waals surface area contributed by atoms with Crippen molar-refractivity contribution in [3.8, 4) is 16.9 Å². The number of alkyl halides is 3. The van der Waals surface area contributed by atoms with Crippen LogP contribution in [0.5, 0.6) is 5.75 Å². The summed E-state index contributed by atoms with van der Waals surface area (Å²) in [7, 11) is -2.65. The van der Waals surface area contributed by atoms with Crippen molar-refractivity contribution in [2.75, 3.05) is 5.32 Å². The van der Waals surface area contributed by atoms with Gasteiger partial charge in [0.1, 0.15) is 5.75 Å². The smallest absolute Gasteiger partial charge is 0.406 e. The highest BCUT2D eigenvalue weighted by Crippen LogP contribution is 2.49. The quantitative estimate of drug-likeness (QED) is 0.513. The molecule has 1 aliphatic carbocycles. The van der Waals surface area contributed by atoms with Gasteiger partial charge in [-0.2, -0.15) is 0 Å². The number of benzene rings is 3. The molecule has 0 unspecified atom stereocenters. The summed E-state index contributed by atoms with van der Waals surface area (Å²) in [6.07, 6.45) is -3.59. The van der Waals surface area contributed by atoms with Crippen LogP contribution in [0.1, 0.15) is 18.4 Å². The van der Waals surface area contributed by atoms with E-state index in [2.05, 4.69) is 10.1 Å². The van der Waals surface area contributed by atoms with Crippen molar-refractivity contribution >= 4 is 22.3 Å². The number of thiol groups is 1. The monoisotopic (exact) mass is 461 g/mol. The first-order valence-electron chi connectivity index (χ1n) is 9.69. The largest absolute Gasteiger partial charge is 0.573 e. The molecule has 0 radical (unpaired) electrons. The van der Waals surface area contributed by atoms with Crippen LogP contribution in [0, 0.1) is 0 Å². The summed E-state index contributed by atoms with van der Waals surface area (Å²) < 4.78 is 63.1. The third-order valence-corrected chi connectivity index (χ3v) is 6.08. The molecule has 0 saturated heterocycles. The van der Waals surface area contributed by atoms with Crippen LogP contribution < -0.4 is 10.1 Å². The number of carbonyl (C=O) groups excluding carboxylic acids is 1. The SMILES string of the molecule is O=C(Nc1cccc(-c2ccc([SH](=O)=O)cc2)c1)C1(c2ccc(OC(F)(F)F)cc2)CC1. The van der Waals surface area contributed by atoms with E-state index in [0.717, 1.165) is 11.1 Å². The zero-order chi connectivity index (χ0) is 22.9. The van der Waals surface area contributed by atoms with Gasteiger partial charge in [0.2, 0.25) is 5.91 Å². The Morgan fingerprint density at radius 2 is 1.56 bits per heavy atom. The number of halogens is 3. The van der Waals surface area contributed by atoms with Gasteiger partial charge in [-0.3, -0.25) is 4.79 Å². The first-order valence-corrected chi connectivity index (χ1v) is 10.9. The number of hydrogen-bond donors (Lipinski definition) is 2. The average Bonchev–Trinajstić information content (AvgIpc) is 3.55. The lowest BCUT2D eigenvalue weighted by molar-refractivity contribution is -0.274. The summed E-state index contributed by atoms with van der Waals surface area (Å²) in [4.78, 5) is 13.2. The topological polar surface area (TPSA) is 72.5 Å². The normalized spacial score (nSPS) is 14.8. The molecule has 0 bridgehead atoms. The molecule has 5 nitrogen and oxygen atoms in total. The third kappa shape index (κ3) is 4.77. The number of nitrogens with one attached hydrogen (secondary N) is 1. The molecule has 3 aromatic carbocycles. The number of carbonyl (C=O) groups is 1. The van der Waals surface area contributed by atoms with E-state index in [1.807, 2.05) is 6.07 Å². The second-order valence-electron chi connectivity index (χ2n) is 7.49. The summed E-state index contributed by atoms with van der Waals surface area (Å²) in [6.45, 7) is 0. The van der Waals surface area contributed by atoms with Crippen LogP contribution in [0.4, 0.5) is 18.9 Å². The van der Waals surface area contributed by atoms with Gasteiger partial charge in [0.15, 0.2) is 10.7 Å². The number of amides is 1. The van der Waals surface area contributed by atoms with E-state index in [1.165, 1.54) is 36.4 Å². The molecule has 1 aliphatic rings. The second-order valence-corrected chi connectivity index (χ2v) is 8.52. The Hall–Kier alpha value is -3.33. The average molecular weight is 461 g/mol. The van der Waals surface area contributed by atoms with Crippen LogP contribution in [-0.2, 0) is 20.9 Å². The molecule has 1 amide bonds. The van der Waals surface area contributed by atoms with E-state index < -0.39 is 22.5 Å². The summed E-state index contributed by atoms with van der Waals surface area (Å²) in [5.74, 6) is -0.574. The van der Waals surface area contributed by atoms with Gasteiger partial charge in [-0.25, -0.2) is 8.42 Å². The van der Waals surface area contributed by atoms with Gasteiger partial charge in [-0.05, 0) is 65.9 Å². The molecule has 32 heavy (non-hydrogen) atoms. The number of hydrogen-bond acceptors (Lipinski definition) is 4. The van der Waals surface area contributed by atoms with Crippen LogP contribution in [0.15, 0.2) is 77.7 Å². The van der Waals surface area contributed by atoms with E-state index >= 15 is 0 Å². The lowest BCUT2D eigenvalue weighted by Crippen LogP contribution is -2.27. The molecule has 0 atom stereocenters. The predicted octanol–water partition coefficient (Wildman–Crippen LogP) is 4.89. The maximum atomic E-state index is 13.0. The standard InChI is InChI=1S/C23H18F3NO4S/c24-23(25,26)31-19-8-6-17(7-9-19)22(12-13-22)21(28)27-18-3-1-2-16(14-18)15-4-10-20(11-5-15)32(29)30/h1-11,14,32H,12-13H2,(H,27,28). The summed E-state index contributed by atoms with van der Waals surface area (Å²) in [5.41, 5.74) is 2.00. The highest BCUT2D eigenvalue weighted by Gasteiger charge is 2.51. The zero-order valence-corrected chi connectivity index (χ0v) is 17.5. The molecule has 166 valence electrons. The fourth-order valence-corrected chi connectivity index (χ4v) is 3.94. The molecule has 0 aromatic heterocycles.